The Morgan fingerprint density at radius 1 is 1.36 bits per heavy atom. The molecule has 0 saturated carbocycles. The van der Waals surface area contributed by atoms with Crippen molar-refractivity contribution in [1.29, 1.82) is 0 Å². The van der Waals surface area contributed by atoms with Gasteiger partial charge in [-0.05, 0) is 18.0 Å². The van der Waals surface area contributed by atoms with Gasteiger partial charge < -0.3 is 10.0 Å². The first-order chi connectivity index (χ1) is 6.72. The number of anilines is 1. The van der Waals surface area contributed by atoms with Gasteiger partial charge in [-0.1, -0.05) is 11.6 Å². The maximum absolute atomic E-state index is 8.84. The van der Waals surface area contributed by atoms with Gasteiger partial charge in [0.2, 0.25) is 5.28 Å². The van der Waals surface area contributed by atoms with Gasteiger partial charge in [0.15, 0.2) is 0 Å². The topological polar surface area (TPSA) is 49.2 Å². The van der Waals surface area contributed by atoms with Crippen molar-refractivity contribution in [3.63, 3.8) is 0 Å². The van der Waals surface area contributed by atoms with Crippen LogP contribution in [-0.2, 0) is 6.42 Å². The highest BCUT2D eigenvalue weighted by Crippen LogP contribution is 2.31. The summed E-state index contributed by atoms with van der Waals surface area (Å²) in [4.78, 5) is 9.92. The molecule has 0 bridgehead atoms. The van der Waals surface area contributed by atoms with E-state index >= 15 is 0 Å². The number of fused-ring (bicyclic) bond motifs is 1. The summed E-state index contributed by atoms with van der Waals surface area (Å²) >= 11 is 11.6. The molecule has 0 aliphatic carbocycles. The molecule has 14 heavy (non-hydrogen) atoms. The molecule has 6 heteroatoms. The third kappa shape index (κ3) is 1.65. The van der Waals surface area contributed by atoms with Gasteiger partial charge >= 0.3 is 0 Å². The highest BCUT2D eigenvalue weighted by atomic mass is 35.5. The summed E-state index contributed by atoms with van der Waals surface area (Å²) in [5.41, 5.74) is 0.921. The molecule has 2 heterocycles. The number of aliphatic hydroxyl groups is 1. The molecule has 0 radical (unpaired) electrons. The van der Waals surface area contributed by atoms with Crippen LogP contribution < -0.4 is 4.90 Å². The second-order valence-corrected chi connectivity index (χ2v) is 3.74. The van der Waals surface area contributed by atoms with Crippen molar-refractivity contribution in [2.24, 2.45) is 0 Å². The molecular weight excluding hydrogens is 225 g/mol. The van der Waals surface area contributed by atoms with Crippen LogP contribution in [-0.4, -0.2) is 34.8 Å². The van der Waals surface area contributed by atoms with Crippen LogP contribution in [0.1, 0.15) is 5.56 Å². The van der Waals surface area contributed by atoms with Crippen LogP contribution in [0.5, 0.6) is 0 Å². The summed E-state index contributed by atoms with van der Waals surface area (Å²) in [5.74, 6) is 0.754. The van der Waals surface area contributed by atoms with Gasteiger partial charge in [-0.25, -0.2) is 9.97 Å². The van der Waals surface area contributed by atoms with E-state index < -0.39 is 0 Å². The number of hydrogen-bond donors (Lipinski definition) is 1. The summed E-state index contributed by atoms with van der Waals surface area (Å²) in [7, 11) is 0. The standard InChI is InChI=1S/C8H9Cl2N3O/c9-6-5-1-2-13(3-4-14)7(5)12-8(10)11-6/h14H,1-4H2. The van der Waals surface area contributed by atoms with Gasteiger partial charge in [0.05, 0.1) is 6.61 Å². The van der Waals surface area contributed by atoms with Crippen molar-refractivity contribution in [2.45, 2.75) is 6.42 Å². The Bertz CT molecular complexity index is 359. The fourth-order valence-electron chi connectivity index (χ4n) is 1.59. The molecule has 1 aromatic heterocycles. The smallest absolute Gasteiger partial charge is 0.225 e. The number of nitrogens with zero attached hydrogens (tertiary/aromatic N) is 3. The minimum Gasteiger partial charge on any atom is -0.395 e. The van der Waals surface area contributed by atoms with Crippen molar-refractivity contribution in [2.75, 3.05) is 24.6 Å². The minimum absolute atomic E-state index is 0.0959. The van der Waals surface area contributed by atoms with E-state index in [0.29, 0.717) is 11.7 Å². The number of β-amino-alcohol motifs (C(OH)–C–C–N with tert-alkyl or cyclic N) is 1. The number of rotatable bonds is 2. The summed E-state index contributed by atoms with van der Waals surface area (Å²) < 4.78 is 0. The second kappa shape index (κ2) is 3.88. The Morgan fingerprint density at radius 2 is 2.14 bits per heavy atom. The molecule has 0 saturated heterocycles. The number of halogens is 2. The molecular formula is C8H9Cl2N3O. The molecule has 2 rings (SSSR count). The van der Waals surface area contributed by atoms with E-state index in [-0.39, 0.29) is 11.9 Å². The lowest BCUT2D eigenvalue weighted by Gasteiger charge is -2.16. The van der Waals surface area contributed by atoms with Gasteiger partial charge in [0.1, 0.15) is 11.0 Å². The predicted octanol–water partition coefficient (Wildman–Crippen LogP) is 1.14. The van der Waals surface area contributed by atoms with Gasteiger partial charge in [0, 0.05) is 18.7 Å². The molecule has 0 fully saturated rings. The summed E-state index contributed by atoms with van der Waals surface area (Å²) in [6.45, 7) is 1.46. The maximum atomic E-state index is 8.84. The van der Waals surface area contributed by atoms with Crippen LogP contribution in [0.4, 0.5) is 5.82 Å². The van der Waals surface area contributed by atoms with Crippen molar-refractivity contribution in [3.05, 3.63) is 16.0 Å². The summed E-state index contributed by atoms with van der Waals surface area (Å²) in [6, 6.07) is 0. The fourth-order valence-corrected chi connectivity index (χ4v) is 2.06. The van der Waals surface area contributed by atoms with E-state index in [9.17, 15) is 0 Å². The van der Waals surface area contributed by atoms with E-state index in [4.69, 9.17) is 28.3 Å². The molecule has 1 N–H and O–H groups in total. The molecule has 0 spiro atoms. The van der Waals surface area contributed by atoms with Gasteiger partial charge in [-0.3, -0.25) is 0 Å². The quantitative estimate of drug-likeness (QED) is 0.615. The van der Waals surface area contributed by atoms with Crippen molar-refractivity contribution < 1.29 is 5.11 Å². The first kappa shape index (κ1) is 9.96. The average Bonchev–Trinajstić information content (AvgIpc) is 2.49. The van der Waals surface area contributed by atoms with E-state index in [1.807, 2.05) is 4.90 Å². The lowest BCUT2D eigenvalue weighted by molar-refractivity contribution is 0.302. The van der Waals surface area contributed by atoms with E-state index in [0.717, 1.165) is 24.3 Å². The largest absolute Gasteiger partial charge is 0.395 e. The van der Waals surface area contributed by atoms with Crippen LogP contribution in [0, 0.1) is 0 Å². The SMILES string of the molecule is OCCN1CCc2c(Cl)nc(Cl)nc21. The lowest BCUT2D eigenvalue weighted by Crippen LogP contribution is -2.24. The molecule has 76 valence electrons. The zero-order valence-corrected chi connectivity index (χ0v) is 8.89. The van der Waals surface area contributed by atoms with Gasteiger partial charge in [-0.2, -0.15) is 0 Å². The molecule has 1 aromatic rings. The van der Waals surface area contributed by atoms with Gasteiger partial charge in [0.25, 0.3) is 0 Å². The molecule has 4 nitrogen and oxygen atoms in total. The molecule has 0 unspecified atom stereocenters. The van der Waals surface area contributed by atoms with E-state index in [1.165, 1.54) is 0 Å². The summed E-state index contributed by atoms with van der Waals surface area (Å²) in [6.07, 6.45) is 0.811. The van der Waals surface area contributed by atoms with Gasteiger partial charge in [-0.15, -0.1) is 0 Å². The average molecular weight is 234 g/mol. The first-order valence-corrected chi connectivity index (χ1v) is 5.05. The highest BCUT2D eigenvalue weighted by molar-refractivity contribution is 6.32. The van der Waals surface area contributed by atoms with Crippen molar-refractivity contribution in [3.8, 4) is 0 Å². The summed E-state index contributed by atoms with van der Waals surface area (Å²) in [5, 5.41) is 9.41. The molecule has 0 aromatic carbocycles. The molecule has 0 atom stereocenters. The van der Waals surface area contributed by atoms with Crippen LogP contribution in [0.2, 0.25) is 10.4 Å². The van der Waals surface area contributed by atoms with E-state index in [2.05, 4.69) is 9.97 Å². The Balaban J connectivity index is 2.38. The third-order valence-electron chi connectivity index (χ3n) is 2.21. The van der Waals surface area contributed by atoms with E-state index in [1.54, 1.807) is 0 Å². The Hall–Kier alpha value is -0.580. The normalized spacial score (nSPS) is 14.6. The maximum Gasteiger partial charge on any atom is 0.225 e. The predicted molar refractivity (Wildman–Crippen MR) is 55.1 cm³/mol. The van der Waals surface area contributed by atoms with Crippen LogP contribution in [0.3, 0.4) is 0 Å². The number of hydrogen-bond acceptors (Lipinski definition) is 4. The van der Waals surface area contributed by atoms with Crippen LogP contribution in [0.25, 0.3) is 0 Å². The fraction of sp³-hybridized carbons (Fsp3) is 0.500. The zero-order valence-electron chi connectivity index (χ0n) is 7.37. The van der Waals surface area contributed by atoms with Crippen molar-refractivity contribution in [1.82, 2.24) is 9.97 Å². The monoisotopic (exact) mass is 233 g/mol. The zero-order chi connectivity index (χ0) is 10.1. The lowest BCUT2D eigenvalue weighted by atomic mass is 10.3. The molecule has 0 amide bonds. The molecule has 1 aliphatic heterocycles. The number of aromatic nitrogens is 2. The third-order valence-corrected chi connectivity index (χ3v) is 2.69. The van der Waals surface area contributed by atoms with Crippen LogP contribution in [0.15, 0.2) is 0 Å². The Labute approximate surface area is 91.5 Å². The van der Waals surface area contributed by atoms with Crippen LogP contribution >= 0.6 is 23.2 Å². The Kier molecular flexibility index (Phi) is 2.76. The Morgan fingerprint density at radius 3 is 2.86 bits per heavy atom. The highest BCUT2D eigenvalue weighted by Gasteiger charge is 2.24. The van der Waals surface area contributed by atoms with Crippen molar-refractivity contribution >= 4 is 29.0 Å². The minimum atomic E-state index is 0.0959. The number of aliphatic hydroxyl groups excluding tert-OH is 1. The second-order valence-electron chi connectivity index (χ2n) is 3.05. The first-order valence-electron chi connectivity index (χ1n) is 4.30. The molecule has 1 aliphatic rings.